The van der Waals surface area contributed by atoms with Crippen LogP contribution < -0.4 is 11.1 Å². The summed E-state index contributed by atoms with van der Waals surface area (Å²) < 4.78 is 62.8. The smallest absolute Gasteiger partial charge is 0.365 e. The summed E-state index contributed by atoms with van der Waals surface area (Å²) in [5.74, 6) is -0.0161. The van der Waals surface area contributed by atoms with Crippen molar-refractivity contribution in [2.45, 2.75) is 48.7 Å². The van der Waals surface area contributed by atoms with Crippen LogP contribution in [0.25, 0.3) is 0 Å². The van der Waals surface area contributed by atoms with Crippen LogP contribution in [0, 0.1) is 11.3 Å². The monoisotopic (exact) mass is 498 g/mol. The Morgan fingerprint density at radius 2 is 1.85 bits per heavy atom. The maximum absolute atomic E-state index is 12.7. The fourth-order valence-corrected chi connectivity index (χ4v) is 5.24. The van der Waals surface area contributed by atoms with Crippen molar-refractivity contribution in [3.05, 3.63) is 36.0 Å². The summed E-state index contributed by atoms with van der Waals surface area (Å²) in [6.07, 6.45) is 3.64. The van der Waals surface area contributed by atoms with Crippen LogP contribution in [0.2, 0.25) is 0 Å². The van der Waals surface area contributed by atoms with Gasteiger partial charge in [-0.2, -0.15) is 18.3 Å². The molecule has 4 N–H and O–H groups in total. The van der Waals surface area contributed by atoms with Crippen LogP contribution in [0.15, 0.2) is 35.4 Å². The Hall–Kier alpha value is -2.93. The Bertz CT molecular complexity index is 1200. The average Bonchev–Trinajstić information content (AvgIpc) is 3.14. The quantitative estimate of drug-likeness (QED) is 0.560. The lowest BCUT2D eigenvalue weighted by molar-refractivity contribution is -0.0436. The number of benzene rings is 1. The van der Waals surface area contributed by atoms with E-state index in [0.717, 1.165) is 43.8 Å². The van der Waals surface area contributed by atoms with E-state index in [1.165, 1.54) is 10.9 Å². The minimum atomic E-state index is -5.46. The number of nitrogens with two attached hydrogens (primary N) is 1. The highest BCUT2D eigenvalue weighted by atomic mass is 32.2. The van der Waals surface area contributed by atoms with Crippen LogP contribution in [-0.4, -0.2) is 59.4 Å². The SMILES string of the molecule is CC1CN([C@@H]2CC[C@H](n3cc(C(N)=O)c(Nc4ccc(S(=O)(=O)C(F)(F)F)cc4)n3)C(=N)C2)C1. The number of nitrogens with one attached hydrogen (secondary N) is 2. The highest BCUT2D eigenvalue weighted by molar-refractivity contribution is 7.92. The van der Waals surface area contributed by atoms with Crippen LogP contribution >= 0.6 is 0 Å². The topological polar surface area (TPSA) is 134 Å². The number of likely N-dealkylation sites (tertiary alicyclic amines) is 1. The van der Waals surface area contributed by atoms with Gasteiger partial charge in [-0.1, -0.05) is 6.92 Å². The van der Waals surface area contributed by atoms with Gasteiger partial charge < -0.3 is 16.5 Å². The number of rotatable bonds is 6. The molecule has 1 aliphatic heterocycles. The number of nitrogens with zero attached hydrogens (tertiary/aromatic N) is 3. The van der Waals surface area contributed by atoms with E-state index in [0.29, 0.717) is 30.5 Å². The van der Waals surface area contributed by atoms with Crippen LogP contribution in [0.4, 0.5) is 24.7 Å². The van der Waals surface area contributed by atoms with Gasteiger partial charge in [0.2, 0.25) is 0 Å². The van der Waals surface area contributed by atoms with E-state index in [-0.39, 0.29) is 23.1 Å². The van der Waals surface area contributed by atoms with Crippen molar-refractivity contribution in [2.75, 3.05) is 18.4 Å². The zero-order valence-corrected chi connectivity index (χ0v) is 19.2. The van der Waals surface area contributed by atoms with E-state index in [1.54, 1.807) is 0 Å². The lowest BCUT2D eigenvalue weighted by Crippen LogP contribution is -2.53. The van der Waals surface area contributed by atoms with Gasteiger partial charge in [-0.05, 0) is 43.0 Å². The molecule has 1 aliphatic carbocycles. The fraction of sp³-hybridized carbons (Fsp3) is 0.476. The van der Waals surface area contributed by atoms with Gasteiger partial charge in [-0.3, -0.25) is 14.4 Å². The summed E-state index contributed by atoms with van der Waals surface area (Å²) in [6, 6.07) is 3.92. The van der Waals surface area contributed by atoms with Gasteiger partial charge in [0.25, 0.3) is 15.7 Å². The number of sulfone groups is 1. The number of carbonyl (C=O) groups excluding carboxylic acids is 1. The Balaban J connectivity index is 1.51. The number of aromatic nitrogens is 2. The van der Waals surface area contributed by atoms with Gasteiger partial charge in [0.15, 0.2) is 5.82 Å². The Morgan fingerprint density at radius 1 is 1.21 bits per heavy atom. The minimum Gasteiger partial charge on any atom is -0.365 e. The van der Waals surface area contributed by atoms with Crippen molar-refractivity contribution in [3.8, 4) is 0 Å². The molecule has 1 aromatic carbocycles. The van der Waals surface area contributed by atoms with Crippen molar-refractivity contribution < 1.29 is 26.4 Å². The molecule has 34 heavy (non-hydrogen) atoms. The molecular weight excluding hydrogens is 473 g/mol. The lowest BCUT2D eigenvalue weighted by atomic mass is 9.85. The predicted molar refractivity (Wildman–Crippen MR) is 119 cm³/mol. The Labute approximate surface area is 194 Å². The molecule has 0 radical (unpaired) electrons. The summed E-state index contributed by atoms with van der Waals surface area (Å²) in [7, 11) is -5.46. The number of amides is 1. The minimum absolute atomic E-state index is 0.0541. The van der Waals surface area contributed by atoms with Gasteiger partial charge in [0, 0.05) is 43.1 Å². The zero-order chi connectivity index (χ0) is 24.8. The molecule has 2 aliphatic rings. The molecular formula is C21H25F3N6O3S. The number of carbonyl (C=O) groups is 1. The second kappa shape index (κ2) is 8.69. The van der Waals surface area contributed by atoms with Gasteiger partial charge in [0.05, 0.1) is 10.9 Å². The number of anilines is 2. The fourth-order valence-electron chi connectivity index (χ4n) is 4.48. The molecule has 2 atom stereocenters. The molecule has 4 rings (SSSR count). The van der Waals surface area contributed by atoms with Crippen molar-refractivity contribution in [1.29, 1.82) is 5.41 Å². The average molecular weight is 499 g/mol. The zero-order valence-electron chi connectivity index (χ0n) is 18.3. The molecule has 9 nitrogen and oxygen atoms in total. The second-order valence-corrected chi connectivity index (χ2v) is 10.8. The van der Waals surface area contributed by atoms with Crippen molar-refractivity contribution in [3.63, 3.8) is 0 Å². The first-order valence-corrected chi connectivity index (χ1v) is 12.2. The maximum atomic E-state index is 12.7. The van der Waals surface area contributed by atoms with Crippen molar-refractivity contribution >= 4 is 33.0 Å². The summed E-state index contributed by atoms with van der Waals surface area (Å²) in [6.45, 7) is 4.26. The highest BCUT2D eigenvalue weighted by Crippen LogP contribution is 2.34. The van der Waals surface area contributed by atoms with Gasteiger partial charge in [-0.15, -0.1) is 0 Å². The normalized spacial score (nSPS) is 22.4. The largest absolute Gasteiger partial charge is 0.501 e. The summed E-state index contributed by atoms with van der Waals surface area (Å²) in [5.41, 5.74) is 0.851. The molecule has 2 heterocycles. The van der Waals surface area contributed by atoms with Crippen molar-refractivity contribution in [2.24, 2.45) is 11.7 Å². The van der Waals surface area contributed by atoms with Gasteiger partial charge >= 0.3 is 5.51 Å². The lowest BCUT2D eigenvalue weighted by Gasteiger charge is -2.45. The summed E-state index contributed by atoms with van der Waals surface area (Å²) >= 11 is 0. The van der Waals surface area contributed by atoms with Crippen LogP contribution in [0.1, 0.15) is 42.6 Å². The van der Waals surface area contributed by atoms with E-state index in [9.17, 15) is 26.4 Å². The molecule has 2 aromatic rings. The van der Waals surface area contributed by atoms with E-state index < -0.39 is 26.1 Å². The number of halogens is 3. The van der Waals surface area contributed by atoms with Crippen LogP contribution in [0.5, 0.6) is 0 Å². The van der Waals surface area contributed by atoms with Gasteiger partial charge in [-0.25, -0.2) is 8.42 Å². The number of alkyl halides is 3. The first kappa shape index (κ1) is 24.2. The molecule has 0 spiro atoms. The molecule has 13 heteroatoms. The molecule has 1 saturated carbocycles. The highest BCUT2D eigenvalue weighted by Gasteiger charge is 2.46. The molecule has 0 bridgehead atoms. The summed E-state index contributed by atoms with van der Waals surface area (Å²) in [5, 5.41) is 15.7. The maximum Gasteiger partial charge on any atom is 0.501 e. The molecule has 0 unspecified atom stereocenters. The van der Waals surface area contributed by atoms with E-state index >= 15 is 0 Å². The first-order valence-electron chi connectivity index (χ1n) is 10.8. The summed E-state index contributed by atoms with van der Waals surface area (Å²) in [4.78, 5) is 13.5. The standard InChI is InChI=1S/C21H25F3N6O3S/c1-12-9-29(10-12)14-4-7-18(17(25)8-14)30-11-16(19(26)31)20(28-30)27-13-2-5-15(6-3-13)34(32,33)21(22,23)24/h2-3,5-6,11-12,14,18,25H,4,7-10H2,1H3,(H2,26,31)(H,27,28)/t14-,18+/m1/s1. The third-order valence-electron chi connectivity index (χ3n) is 6.29. The van der Waals surface area contributed by atoms with Crippen molar-refractivity contribution in [1.82, 2.24) is 14.7 Å². The van der Waals surface area contributed by atoms with E-state index in [4.69, 9.17) is 11.1 Å². The number of primary amides is 1. The molecule has 184 valence electrons. The van der Waals surface area contributed by atoms with Crippen LogP contribution in [-0.2, 0) is 9.84 Å². The van der Waals surface area contributed by atoms with E-state index in [1.807, 2.05) is 0 Å². The third-order valence-corrected chi connectivity index (χ3v) is 7.79. The second-order valence-electron chi connectivity index (χ2n) is 8.87. The van der Waals surface area contributed by atoms with E-state index in [2.05, 4.69) is 22.2 Å². The van der Waals surface area contributed by atoms with Gasteiger partial charge in [0.1, 0.15) is 5.56 Å². The first-order chi connectivity index (χ1) is 15.9. The third kappa shape index (κ3) is 4.53. The van der Waals surface area contributed by atoms with Crippen LogP contribution in [0.3, 0.4) is 0 Å². The molecule has 2 fully saturated rings. The molecule has 1 aromatic heterocycles. The predicted octanol–water partition coefficient (Wildman–Crippen LogP) is 3.08. The molecule has 1 amide bonds. The Morgan fingerprint density at radius 3 is 2.38 bits per heavy atom. The number of hydrogen-bond donors (Lipinski definition) is 3. The molecule has 1 saturated heterocycles. The number of hydrogen-bond acceptors (Lipinski definition) is 7. The Kier molecular flexibility index (Phi) is 6.19.